The molecule has 0 radical (unpaired) electrons. The fourth-order valence-corrected chi connectivity index (χ4v) is 3.78. The lowest BCUT2D eigenvalue weighted by Gasteiger charge is -2.23. The highest BCUT2D eigenvalue weighted by molar-refractivity contribution is 6.08. The molecular formula is C23H27N5O. The van der Waals surface area contributed by atoms with Gasteiger partial charge in [-0.3, -0.25) is 14.5 Å². The standard InChI is InChI=1S/C23H27N5O/c1-14(2)9-20(29)23(3,4)13-28-12-18-21(27-28)17-6-5-15(16-7-8-25-11-16)10-19(17)26-22(18)24/h5-8,10,12,14H,9,11,13H2,1-4H3,(H2,24,26). The molecule has 1 aromatic carbocycles. The van der Waals surface area contributed by atoms with Crippen molar-refractivity contribution in [3.63, 3.8) is 0 Å². The van der Waals surface area contributed by atoms with Crippen LogP contribution in [0.3, 0.4) is 0 Å². The van der Waals surface area contributed by atoms with Crippen molar-refractivity contribution in [2.75, 3.05) is 12.3 Å². The smallest absolute Gasteiger partial charge is 0.140 e. The minimum absolute atomic E-state index is 0.250. The summed E-state index contributed by atoms with van der Waals surface area (Å²) in [6, 6.07) is 6.17. The predicted molar refractivity (Wildman–Crippen MR) is 119 cm³/mol. The number of allylic oxidation sites excluding steroid dienone is 1. The number of pyridine rings is 1. The number of nitrogens with two attached hydrogens (primary N) is 1. The zero-order valence-corrected chi connectivity index (χ0v) is 17.4. The Hall–Kier alpha value is -3.02. The number of aliphatic imine (C=N–C) groups is 1. The second-order valence-electron chi connectivity index (χ2n) is 8.90. The van der Waals surface area contributed by atoms with E-state index in [0.717, 1.165) is 27.4 Å². The average molecular weight is 390 g/mol. The quantitative estimate of drug-likeness (QED) is 0.682. The molecule has 0 atom stereocenters. The van der Waals surface area contributed by atoms with Crippen LogP contribution in [-0.2, 0) is 11.3 Å². The van der Waals surface area contributed by atoms with Crippen molar-refractivity contribution in [1.82, 2.24) is 14.8 Å². The topological polar surface area (TPSA) is 86.2 Å². The molecule has 0 amide bonds. The van der Waals surface area contributed by atoms with Crippen LogP contribution in [0.15, 0.2) is 35.5 Å². The number of hydrogen-bond donors (Lipinski definition) is 1. The highest BCUT2D eigenvalue weighted by Gasteiger charge is 2.29. The number of Topliss-reactive ketones (excluding diaryl/α,β-unsaturated/α-hetero) is 1. The van der Waals surface area contributed by atoms with E-state index in [1.165, 1.54) is 5.57 Å². The van der Waals surface area contributed by atoms with Gasteiger partial charge in [0.2, 0.25) is 0 Å². The normalized spacial score (nSPS) is 14.3. The van der Waals surface area contributed by atoms with E-state index in [-0.39, 0.29) is 5.78 Å². The third-order valence-corrected chi connectivity index (χ3v) is 5.45. The summed E-state index contributed by atoms with van der Waals surface area (Å²) >= 11 is 0. The van der Waals surface area contributed by atoms with Gasteiger partial charge in [-0.25, -0.2) is 4.98 Å². The summed E-state index contributed by atoms with van der Waals surface area (Å²) in [5, 5.41) is 6.56. The Kier molecular flexibility index (Phi) is 4.73. The van der Waals surface area contributed by atoms with Gasteiger partial charge in [-0.2, -0.15) is 5.10 Å². The minimum Gasteiger partial charge on any atom is -0.383 e. The first-order chi connectivity index (χ1) is 13.7. The molecule has 6 heteroatoms. The third kappa shape index (κ3) is 3.67. The summed E-state index contributed by atoms with van der Waals surface area (Å²) in [5.41, 5.74) is 9.67. The highest BCUT2D eigenvalue weighted by atomic mass is 16.1. The fourth-order valence-electron chi connectivity index (χ4n) is 3.78. The van der Waals surface area contributed by atoms with Gasteiger partial charge in [0.15, 0.2) is 0 Å². The average Bonchev–Trinajstić information content (AvgIpc) is 3.30. The molecule has 0 aliphatic carbocycles. The SMILES string of the molecule is CC(C)CC(=O)C(C)(C)Cn1cc2c(N)nc3cc(C4=CC=NC4)ccc3c2n1. The molecule has 2 N–H and O–H groups in total. The first-order valence-corrected chi connectivity index (χ1v) is 10.0. The second kappa shape index (κ2) is 7.10. The van der Waals surface area contributed by atoms with Gasteiger partial charge in [-0.1, -0.05) is 33.8 Å². The van der Waals surface area contributed by atoms with Crippen LogP contribution in [0.4, 0.5) is 5.82 Å². The maximum Gasteiger partial charge on any atom is 0.140 e. The van der Waals surface area contributed by atoms with Crippen LogP contribution in [0.25, 0.3) is 27.4 Å². The molecule has 1 aliphatic heterocycles. The van der Waals surface area contributed by atoms with Gasteiger partial charge < -0.3 is 5.73 Å². The predicted octanol–water partition coefficient (Wildman–Crippen LogP) is 4.28. The number of nitrogen functional groups attached to an aromatic ring is 1. The summed E-state index contributed by atoms with van der Waals surface area (Å²) in [7, 11) is 0. The van der Waals surface area contributed by atoms with Crippen molar-refractivity contribution < 1.29 is 4.79 Å². The molecule has 150 valence electrons. The zero-order chi connectivity index (χ0) is 20.8. The van der Waals surface area contributed by atoms with E-state index in [1.807, 2.05) is 49.1 Å². The molecule has 0 saturated carbocycles. The van der Waals surface area contributed by atoms with E-state index in [4.69, 9.17) is 10.8 Å². The van der Waals surface area contributed by atoms with E-state index in [0.29, 0.717) is 31.2 Å². The highest BCUT2D eigenvalue weighted by Crippen LogP contribution is 2.31. The molecule has 0 unspecified atom stereocenters. The maximum atomic E-state index is 12.6. The first kappa shape index (κ1) is 19.3. The molecule has 29 heavy (non-hydrogen) atoms. The molecule has 1 aliphatic rings. The van der Waals surface area contributed by atoms with Crippen LogP contribution in [0, 0.1) is 11.3 Å². The summed E-state index contributed by atoms with van der Waals surface area (Å²) < 4.78 is 1.83. The number of carbonyl (C=O) groups is 1. The van der Waals surface area contributed by atoms with Crippen molar-refractivity contribution in [2.24, 2.45) is 16.3 Å². The number of benzene rings is 1. The van der Waals surface area contributed by atoms with Gasteiger partial charge in [0.1, 0.15) is 17.1 Å². The van der Waals surface area contributed by atoms with Gasteiger partial charge in [0.05, 0.1) is 24.0 Å². The minimum atomic E-state index is -0.494. The Labute approximate surface area is 170 Å². The molecule has 0 fully saturated rings. The van der Waals surface area contributed by atoms with Crippen LogP contribution >= 0.6 is 0 Å². The molecule has 3 aromatic rings. The van der Waals surface area contributed by atoms with Gasteiger partial charge in [0.25, 0.3) is 0 Å². The lowest BCUT2D eigenvalue weighted by Crippen LogP contribution is -2.30. The molecular weight excluding hydrogens is 362 g/mol. The maximum absolute atomic E-state index is 12.6. The van der Waals surface area contributed by atoms with Crippen molar-refractivity contribution in [1.29, 1.82) is 0 Å². The van der Waals surface area contributed by atoms with Crippen molar-refractivity contribution in [3.05, 3.63) is 36.0 Å². The molecule has 4 rings (SSSR count). The Bertz CT molecular complexity index is 1170. The van der Waals surface area contributed by atoms with Crippen LogP contribution in [0.5, 0.6) is 0 Å². The molecule has 0 spiro atoms. The van der Waals surface area contributed by atoms with Crippen molar-refractivity contribution in [3.8, 4) is 0 Å². The van der Waals surface area contributed by atoms with Crippen LogP contribution in [-0.4, -0.2) is 33.3 Å². The van der Waals surface area contributed by atoms with E-state index in [9.17, 15) is 4.79 Å². The van der Waals surface area contributed by atoms with Gasteiger partial charge in [-0.05, 0) is 35.3 Å². The third-order valence-electron chi connectivity index (χ3n) is 5.45. The fraction of sp³-hybridized carbons (Fsp3) is 0.391. The van der Waals surface area contributed by atoms with Crippen LogP contribution < -0.4 is 5.73 Å². The number of hydrogen-bond acceptors (Lipinski definition) is 5. The summed E-state index contributed by atoms with van der Waals surface area (Å²) in [4.78, 5) is 21.5. The molecule has 6 nitrogen and oxygen atoms in total. The number of ketones is 1. The number of fused-ring (bicyclic) bond motifs is 3. The number of nitrogens with zero attached hydrogens (tertiary/aromatic N) is 4. The zero-order valence-electron chi connectivity index (χ0n) is 17.4. The van der Waals surface area contributed by atoms with Gasteiger partial charge in [-0.15, -0.1) is 0 Å². The lowest BCUT2D eigenvalue weighted by atomic mass is 9.84. The molecule has 0 saturated heterocycles. The van der Waals surface area contributed by atoms with Gasteiger partial charge in [0, 0.05) is 29.6 Å². The van der Waals surface area contributed by atoms with E-state index < -0.39 is 5.41 Å². The Balaban J connectivity index is 1.72. The number of aromatic nitrogens is 3. The summed E-state index contributed by atoms with van der Waals surface area (Å²) in [6.07, 6.45) is 6.33. The Morgan fingerprint density at radius 1 is 1.28 bits per heavy atom. The largest absolute Gasteiger partial charge is 0.383 e. The van der Waals surface area contributed by atoms with E-state index >= 15 is 0 Å². The monoisotopic (exact) mass is 389 g/mol. The number of rotatable bonds is 6. The molecule has 0 bridgehead atoms. The van der Waals surface area contributed by atoms with Crippen molar-refractivity contribution in [2.45, 2.75) is 40.7 Å². The van der Waals surface area contributed by atoms with Gasteiger partial charge >= 0.3 is 0 Å². The van der Waals surface area contributed by atoms with Crippen molar-refractivity contribution >= 4 is 45.2 Å². The van der Waals surface area contributed by atoms with E-state index in [1.54, 1.807) is 0 Å². The second-order valence-corrected chi connectivity index (χ2v) is 8.90. The summed E-state index contributed by atoms with van der Waals surface area (Å²) in [5.74, 6) is 1.05. The summed E-state index contributed by atoms with van der Waals surface area (Å²) in [6.45, 7) is 9.29. The van der Waals surface area contributed by atoms with Crippen LogP contribution in [0.1, 0.15) is 39.7 Å². The molecule has 3 heterocycles. The Morgan fingerprint density at radius 2 is 2.07 bits per heavy atom. The number of carbonyl (C=O) groups excluding carboxylic acids is 1. The van der Waals surface area contributed by atoms with Crippen LogP contribution in [0.2, 0.25) is 0 Å². The molecule has 2 aromatic heterocycles. The Morgan fingerprint density at radius 3 is 2.76 bits per heavy atom. The van der Waals surface area contributed by atoms with E-state index in [2.05, 4.69) is 29.9 Å². The number of anilines is 1. The first-order valence-electron chi connectivity index (χ1n) is 10.0. The lowest BCUT2D eigenvalue weighted by molar-refractivity contribution is -0.128.